The molecule has 0 aliphatic rings. The number of anilines is 1. The van der Waals surface area contributed by atoms with E-state index >= 15 is 0 Å². The lowest BCUT2D eigenvalue weighted by Gasteiger charge is -2.21. The highest BCUT2D eigenvalue weighted by Gasteiger charge is 2.22. The molecule has 1 atom stereocenters. The van der Waals surface area contributed by atoms with Crippen LogP contribution in [0.4, 0.5) is 5.82 Å². The van der Waals surface area contributed by atoms with Crippen LogP contribution >= 0.6 is 0 Å². The molecule has 0 radical (unpaired) electrons. The van der Waals surface area contributed by atoms with Gasteiger partial charge in [-0.05, 0) is 40.2 Å². The van der Waals surface area contributed by atoms with Crippen molar-refractivity contribution >= 4 is 11.3 Å². The average Bonchev–Trinajstić information content (AvgIpc) is 2.87. The number of benzene rings is 1. The van der Waals surface area contributed by atoms with Crippen LogP contribution in [0.2, 0.25) is 0 Å². The highest BCUT2D eigenvalue weighted by atomic mass is 16.5. The van der Waals surface area contributed by atoms with E-state index in [1.54, 1.807) is 6.20 Å². The first-order valence-electron chi connectivity index (χ1n) is 8.66. The van der Waals surface area contributed by atoms with Gasteiger partial charge in [-0.15, -0.1) is 0 Å². The molecule has 2 aromatic heterocycles. The van der Waals surface area contributed by atoms with Crippen molar-refractivity contribution in [3.63, 3.8) is 0 Å². The molecular weight excluding hydrogens is 312 g/mol. The van der Waals surface area contributed by atoms with Crippen LogP contribution in [-0.2, 0) is 0 Å². The van der Waals surface area contributed by atoms with Gasteiger partial charge >= 0.3 is 0 Å². The summed E-state index contributed by atoms with van der Waals surface area (Å²) in [5, 5.41) is 0. The van der Waals surface area contributed by atoms with E-state index in [4.69, 9.17) is 15.5 Å². The van der Waals surface area contributed by atoms with Crippen LogP contribution in [0.5, 0.6) is 5.75 Å². The van der Waals surface area contributed by atoms with Crippen molar-refractivity contribution in [2.24, 2.45) is 0 Å². The van der Waals surface area contributed by atoms with Gasteiger partial charge in [0.1, 0.15) is 22.9 Å². The average molecular weight is 338 g/mol. The molecule has 5 heteroatoms. The Balaban J connectivity index is 2.19. The molecule has 2 N–H and O–H groups in total. The van der Waals surface area contributed by atoms with Gasteiger partial charge in [0.15, 0.2) is 0 Å². The first kappa shape index (κ1) is 17.3. The maximum absolute atomic E-state index is 6.14. The summed E-state index contributed by atoms with van der Waals surface area (Å²) in [5.41, 5.74) is 11.3. The molecule has 0 amide bonds. The fourth-order valence-electron chi connectivity index (χ4n) is 3.42. The third-order valence-electron chi connectivity index (χ3n) is 4.44. The van der Waals surface area contributed by atoms with Crippen molar-refractivity contribution in [2.75, 3.05) is 5.73 Å². The number of ether oxygens (including phenoxy) is 1. The van der Waals surface area contributed by atoms with E-state index in [9.17, 15) is 0 Å². The second-order valence-electron chi connectivity index (χ2n) is 6.97. The first-order chi connectivity index (χ1) is 11.8. The van der Waals surface area contributed by atoms with E-state index in [2.05, 4.69) is 51.7 Å². The second-order valence-corrected chi connectivity index (χ2v) is 6.97. The highest BCUT2D eigenvalue weighted by molar-refractivity contribution is 5.69. The number of imidazole rings is 1. The molecule has 3 aromatic rings. The van der Waals surface area contributed by atoms with Gasteiger partial charge in [0.25, 0.3) is 0 Å². The summed E-state index contributed by atoms with van der Waals surface area (Å²) in [7, 11) is 0. The minimum Gasteiger partial charge on any atom is -0.490 e. The van der Waals surface area contributed by atoms with E-state index < -0.39 is 0 Å². The summed E-state index contributed by atoms with van der Waals surface area (Å²) in [6, 6.07) is 4.35. The maximum atomic E-state index is 6.14. The van der Waals surface area contributed by atoms with Crippen molar-refractivity contribution in [1.29, 1.82) is 0 Å². The van der Waals surface area contributed by atoms with Gasteiger partial charge in [0.05, 0.1) is 11.8 Å². The first-order valence-corrected chi connectivity index (χ1v) is 8.66. The molecule has 0 saturated heterocycles. The Labute approximate surface area is 148 Å². The molecule has 1 unspecified atom stereocenters. The zero-order chi connectivity index (χ0) is 18.3. The Kier molecular flexibility index (Phi) is 4.41. The molecule has 0 aliphatic carbocycles. The van der Waals surface area contributed by atoms with Gasteiger partial charge in [0, 0.05) is 23.9 Å². The maximum Gasteiger partial charge on any atom is 0.149 e. The molecular formula is C20H26N4O. The van der Waals surface area contributed by atoms with Crippen molar-refractivity contribution in [1.82, 2.24) is 14.4 Å². The lowest BCUT2D eigenvalue weighted by atomic mass is 9.94. The Morgan fingerprint density at radius 1 is 1.12 bits per heavy atom. The van der Waals surface area contributed by atoms with Crippen molar-refractivity contribution in [3.8, 4) is 5.75 Å². The summed E-state index contributed by atoms with van der Waals surface area (Å²) < 4.78 is 8.18. The topological polar surface area (TPSA) is 65.4 Å². The molecule has 1 aromatic carbocycles. The molecule has 3 rings (SSSR count). The van der Waals surface area contributed by atoms with Crippen molar-refractivity contribution in [2.45, 2.75) is 53.6 Å². The van der Waals surface area contributed by atoms with Crippen LogP contribution in [0.25, 0.3) is 5.52 Å². The van der Waals surface area contributed by atoms with Crippen LogP contribution in [0.1, 0.15) is 54.9 Å². The molecule has 0 bridgehead atoms. The predicted octanol–water partition coefficient (Wildman–Crippen LogP) is 4.18. The number of aromatic nitrogens is 3. The van der Waals surface area contributed by atoms with E-state index in [-0.39, 0.29) is 12.0 Å². The minimum absolute atomic E-state index is 0.0651. The minimum atomic E-state index is 0.0651. The Morgan fingerprint density at radius 2 is 1.84 bits per heavy atom. The number of rotatable bonds is 4. The van der Waals surface area contributed by atoms with E-state index in [1.165, 1.54) is 5.56 Å². The largest absolute Gasteiger partial charge is 0.490 e. The van der Waals surface area contributed by atoms with E-state index in [1.807, 2.05) is 17.5 Å². The number of aryl methyl sites for hydroxylation is 3. The number of hydrogen-bond donors (Lipinski definition) is 1. The van der Waals surface area contributed by atoms with E-state index in [0.29, 0.717) is 5.82 Å². The summed E-state index contributed by atoms with van der Waals surface area (Å²) in [6.07, 6.45) is 3.75. The molecule has 0 aliphatic heterocycles. The number of hydrogen-bond acceptors (Lipinski definition) is 4. The molecule has 132 valence electrons. The SMILES string of the molecule is Cc1cc(C)c(OC(C)C)c(C(C)c2nc(C)c3c(N)nccn23)c1. The third kappa shape index (κ3) is 3.06. The predicted molar refractivity (Wildman–Crippen MR) is 101 cm³/mol. The molecule has 25 heavy (non-hydrogen) atoms. The molecule has 5 nitrogen and oxygen atoms in total. The van der Waals surface area contributed by atoms with Crippen LogP contribution in [0.15, 0.2) is 24.5 Å². The van der Waals surface area contributed by atoms with Gasteiger partial charge in [-0.2, -0.15) is 0 Å². The summed E-state index contributed by atoms with van der Waals surface area (Å²) in [4.78, 5) is 8.98. The van der Waals surface area contributed by atoms with Gasteiger partial charge in [0.2, 0.25) is 0 Å². The number of nitrogen functional groups attached to an aromatic ring is 1. The van der Waals surface area contributed by atoms with Crippen LogP contribution in [-0.4, -0.2) is 20.5 Å². The summed E-state index contributed by atoms with van der Waals surface area (Å²) >= 11 is 0. The smallest absolute Gasteiger partial charge is 0.149 e. The zero-order valence-corrected chi connectivity index (χ0v) is 15.8. The Morgan fingerprint density at radius 3 is 2.52 bits per heavy atom. The molecule has 0 saturated carbocycles. The van der Waals surface area contributed by atoms with Crippen molar-refractivity contribution in [3.05, 3.63) is 52.7 Å². The number of nitrogens with zero attached hydrogens (tertiary/aromatic N) is 3. The molecule has 2 heterocycles. The van der Waals surface area contributed by atoms with E-state index in [0.717, 1.165) is 33.9 Å². The summed E-state index contributed by atoms with van der Waals surface area (Å²) in [6.45, 7) is 12.4. The number of nitrogens with two attached hydrogens (primary N) is 1. The summed E-state index contributed by atoms with van der Waals surface area (Å²) in [5.74, 6) is 2.46. The Hall–Kier alpha value is -2.56. The molecule has 0 spiro atoms. The van der Waals surface area contributed by atoms with Crippen LogP contribution < -0.4 is 10.5 Å². The lowest BCUT2D eigenvalue weighted by molar-refractivity contribution is 0.237. The van der Waals surface area contributed by atoms with Gasteiger partial charge in [-0.3, -0.25) is 4.40 Å². The van der Waals surface area contributed by atoms with Gasteiger partial charge in [-0.25, -0.2) is 9.97 Å². The zero-order valence-electron chi connectivity index (χ0n) is 15.8. The van der Waals surface area contributed by atoms with Crippen molar-refractivity contribution < 1.29 is 4.74 Å². The molecule has 0 fully saturated rings. The third-order valence-corrected chi connectivity index (χ3v) is 4.44. The lowest BCUT2D eigenvalue weighted by Crippen LogP contribution is -2.12. The Bertz CT molecular complexity index is 927. The van der Waals surface area contributed by atoms with Gasteiger partial charge in [-0.1, -0.05) is 24.6 Å². The highest BCUT2D eigenvalue weighted by Crippen LogP contribution is 2.36. The van der Waals surface area contributed by atoms with Gasteiger partial charge < -0.3 is 10.5 Å². The normalized spacial score (nSPS) is 12.8. The number of fused-ring (bicyclic) bond motifs is 1. The fraction of sp³-hybridized carbons (Fsp3) is 0.400. The standard InChI is InChI=1S/C20H26N4O/c1-11(2)25-18-13(4)9-12(3)10-16(18)14(5)20-23-15(6)17-19(21)22-7-8-24(17)20/h7-11,14H,1-6H3,(H2,21,22). The second kappa shape index (κ2) is 6.39. The fourth-order valence-corrected chi connectivity index (χ4v) is 3.42. The van der Waals surface area contributed by atoms with Crippen LogP contribution in [0.3, 0.4) is 0 Å². The quantitative estimate of drug-likeness (QED) is 0.775. The monoisotopic (exact) mass is 338 g/mol. The van der Waals surface area contributed by atoms with Crippen LogP contribution in [0, 0.1) is 20.8 Å².